The number of hydrogen-bond donors (Lipinski definition) is 2. The number of aryl methyl sites for hydroxylation is 2. The highest BCUT2D eigenvalue weighted by Gasteiger charge is 2.51. The van der Waals surface area contributed by atoms with Gasteiger partial charge in [-0.3, -0.25) is 0 Å². The van der Waals surface area contributed by atoms with E-state index in [1.165, 1.54) is 11.1 Å². The average Bonchev–Trinajstić information content (AvgIpc) is 2.88. The van der Waals surface area contributed by atoms with Crippen molar-refractivity contribution in [2.24, 2.45) is 0 Å². The minimum atomic E-state index is -1.50. The molecule has 4 aromatic rings. The second-order valence-electron chi connectivity index (χ2n) is 9.52. The van der Waals surface area contributed by atoms with E-state index in [-0.39, 0.29) is 0 Å². The lowest BCUT2D eigenvalue weighted by atomic mass is 9.63. The van der Waals surface area contributed by atoms with Crippen LogP contribution in [0.1, 0.15) is 71.2 Å². The maximum Gasteiger partial charge on any atom is 0.142 e. The zero-order valence-electron chi connectivity index (χ0n) is 20.3. The molecule has 1 aliphatic carbocycles. The summed E-state index contributed by atoms with van der Waals surface area (Å²) < 4.78 is 0. The van der Waals surface area contributed by atoms with Crippen molar-refractivity contribution in [3.05, 3.63) is 141 Å². The molecule has 0 fully saturated rings. The van der Waals surface area contributed by atoms with Crippen molar-refractivity contribution in [3.63, 3.8) is 0 Å². The molecule has 2 atom stereocenters. The van der Waals surface area contributed by atoms with Crippen LogP contribution >= 0.6 is 11.6 Å². The van der Waals surface area contributed by atoms with Gasteiger partial charge in [0.2, 0.25) is 0 Å². The molecule has 35 heavy (non-hydrogen) atoms. The Balaban J connectivity index is 1.78. The van der Waals surface area contributed by atoms with E-state index >= 15 is 0 Å². The van der Waals surface area contributed by atoms with Crippen LogP contribution in [0.4, 0.5) is 0 Å². The predicted octanol–water partition coefficient (Wildman–Crippen LogP) is 7.13. The van der Waals surface area contributed by atoms with Crippen LogP contribution in [0, 0.1) is 0 Å². The highest BCUT2D eigenvalue weighted by molar-refractivity contribution is 6.31. The molecule has 2 unspecified atom stereocenters. The van der Waals surface area contributed by atoms with Crippen molar-refractivity contribution in [2.75, 3.05) is 0 Å². The Kier molecular flexibility index (Phi) is 6.31. The van der Waals surface area contributed by atoms with E-state index in [2.05, 4.69) is 38.1 Å². The Morgan fingerprint density at radius 1 is 0.571 bits per heavy atom. The third-order valence-electron chi connectivity index (χ3n) is 7.29. The highest BCUT2D eigenvalue weighted by Crippen LogP contribution is 2.54. The third kappa shape index (κ3) is 3.72. The summed E-state index contributed by atoms with van der Waals surface area (Å²) in [6, 6.07) is 29.4. The second kappa shape index (κ2) is 9.28. The van der Waals surface area contributed by atoms with Gasteiger partial charge in [-0.05, 0) is 52.3 Å². The summed E-state index contributed by atoms with van der Waals surface area (Å²) >= 11 is 6.83. The first-order chi connectivity index (χ1) is 16.9. The standard InChI is InChI=1S/C32H31ClO2/c1-3-8-22-14-18-24(19-15-22)31(34)26-10-5-6-11-27(26)32(35,30-28(31)12-7-13-29(30)33)25-20-16-23(9-4-2)17-21-25/h5-7,10-21,34-35H,3-4,8-9H2,1-2H3. The van der Waals surface area contributed by atoms with Crippen molar-refractivity contribution in [1.82, 2.24) is 0 Å². The SMILES string of the molecule is CCCc1ccc(C2(O)c3ccccc3C(O)(c3ccc(CCC)cc3)c3c(Cl)cccc32)cc1. The van der Waals surface area contributed by atoms with Crippen LogP contribution in [0.3, 0.4) is 0 Å². The van der Waals surface area contributed by atoms with Crippen molar-refractivity contribution in [2.45, 2.75) is 50.7 Å². The van der Waals surface area contributed by atoms with Crippen molar-refractivity contribution in [3.8, 4) is 0 Å². The van der Waals surface area contributed by atoms with Crippen LogP contribution in [0.5, 0.6) is 0 Å². The zero-order chi connectivity index (χ0) is 24.6. The molecule has 4 aromatic carbocycles. The summed E-state index contributed by atoms with van der Waals surface area (Å²) in [5.41, 5.74) is 3.45. The molecule has 2 nitrogen and oxygen atoms in total. The zero-order valence-corrected chi connectivity index (χ0v) is 21.0. The normalized spacial score (nSPS) is 20.8. The number of hydrogen-bond acceptors (Lipinski definition) is 2. The van der Waals surface area contributed by atoms with E-state index in [0.29, 0.717) is 27.3 Å². The minimum Gasteiger partial charge on any atom is -0.376 e. The van der Waals surface area contributed by atoms with E-state index in [1.807, 2.05) is 60.7 Å². The highest BCUT2D eigenvalue weighted by atomic mass is 35.5. The summed E-state index contributed by atoms with van der Waals surface area (Å²) in [4.78, 5) is 0. The lowest BCUT2D eigenvalue weighted by Gasteiger charge is -2.45. The molecule has 5 rings (SSSR count). The molecule has 3 heteroatoms. The fraction of sp³-hybridized carbons (Fsp3) is 0.250. The topological polar surface area (TPSA) is 40.5 Å². The predicted molar refractivity (Wildman–Crippen MR) is 143 cm³/mol. The Labute approximate surface area is 212 Å². The number of halogens is 1. The molecule has 0 bridgehead atoms. The van der Waals surface area contributed by atoms with E-state index in [1.54, 1.807) is 6.07 Å². The number of fused-ring (bicyclic) bond motifs is 2. The molecule has 178 valence electrons. The van der Waals surface area contributed by atoms with Gasteiger partial charge in [-0.15, -0.1) is 0 Å². The average molecular weight is 483 g/mol. The summed E-state index contributed by atoms with van der Waals surface area (Å²) in [6.45, 7) is 4.32. The Hall–Kier alpha value is -2.91. The Morgan fingerprint density at radius 2 is 1.03 bits per heavy atom. The third-order valence-corrected chi connectivity index (χ3v) is 7.61. The molecule has 0 aliphatic heterocycles. The maximum absolute atomic E-state index is 12.5. The summed E-state index contributed by atoms with van der Waals surface area (Å²) in [5, 5.41) is 25.5. The van der Waals surface area contributed by atoms with Crippen molar-refractivity contribution in [1.29, 1.82) is 0 Å². The fourth-order valence-electron chi connectivity index (χ4n) is 5.60. The molecule has 0 heterocycles. The van der Waals surface area contributed by atoms with Crippen molar-refractivity contribution >= 4 is 11.6 Å². The van der Waals surface area contributed by atoms with Gasteiger partial charge in [0.05, 0.1) is 0 Å². The number of aliphatic hydroxyl groups is 2. The van der Waals surface area contributed by atoms with Crippen LogP contribution in [-0.4, -0.2) is 10.2 Å². The quantitative estimate of drug-likeness (QED) is 0.307. The number of rotatable bonds is 6. The number of benzene rings is 4. The lowest BCUT2D eigenvalue weighted by molar-refractivity contribution is 0.0748. The van der Waals surface area contributed by atoms with E-state index < -0.39 is 11.2 Å². The maximum atomic E-state index is 12.5. The molecular formula is C32H31ClO2. The molecule has 0 aromatic heterocycles. The van der Waals surface area contributed by atoms with Crippen LogP contribution in [-0.2, 0) is 24.0 Å². The van der Waals surface area contributed by atoms with Crippen LogP contribution in [0.25, 0.3) is 0 Å². The van der Waals surface area contributed by atoms with Gasteiger partial charge in [0.25, 0.3) is 0 Å². The molecule has 1 aliphatic rings. The van der Waals surface area contributed by atoms with Gasteiger partial charge >= 0.3 is 0 Å². The van der Waals surface area contributed by atoms with Gasteiger partial charge in [0.1, 0.15) is 11.2 Å². The van der Waals surface area contributed by atoms with Crippen LogP contribution in [0.15, 0.2) is 91.0 Å². The molecule has 0 saturated carbocycles. The first kappa shape index (κ1) is 23.8. The van der Waals surface area contributed by atoms with Gasteiger partial charge < -0.3 is 10.2 Å². The van der Waals surface area contributed by atoms with Gasteiger partial charge in [-0.2, -0.15) is 0 Å². The van der Waals surface area contributed by atoms with Crippen LogP contribution < -0.4 is 0 Å². The first-order valence-electron chi connectivity index (χ1n) is 12.5. The monoisotopic (exact) mass is 482 g/mol. The minimum absolute atomic E-state index is 0.429. The largest absolute Gasteiger partial charge is 0.376 e. The van der Waals surface area contributed by atoms with Gasteiger partial charge in [-0.25, -0.2) is 0 Å². The Bertz CT molecular complexity index is 1340. The molecule has 0 radical (unpaired) electrons. The molecule has 0 amide bonds. The van der Waals surface area contributed by atoms with E-state index in [0.717, 1.165) is 36.8 Å². The van der Waals surface area contributed by atoms with E-state index in [4.69, 9.17) is 11.6 Å². The fourth-order valence-corrected chi connectivity index (χ4v) is 5.91. The lowest BCUT2D eigenvalue weighted by Crippen LogP contribution is -2.44. The summed E-state index contributed by atoms with van der Waals surface area (Å²) in [5.74, 6) is 0. The Morgan fingerprint density at radius 3 is 1.54 bits per heavy atom. The van der Waals surface area contributed by atoms with Crippen molar-refractivity contribution < 1.29 is 10.2 Å². The van der Waals surface area contributed by atoms with Crippen LogP contribution in [0.2, 0.25) is 5.02 Å². The smallest absolute Gasteiger partial charge is 0.142 e. The molecule has 0 spiro atoms. The molecule has 2 N–H and O–H groups in total. The molecule has 0 saturated heterocycles. The first-order valence-corrected chi connectivity index (χ1v) is 12.8. The summed E-state index contributed by atoms with van der Waals surface area (Å²) in [6.07, 6.45) is 4.10. The summed E-state index contributed by atoms with van der Waals surface area (Å²) in [7, 11) is 0. The van der Waals surface area contributed by atoms with E-state index in [9.17, 15) is 10.2 Å². The van der Waals surface area contributed by atoms with Gasteiger partial charge in [-0.1, -0.05) is 123 Å². The van der Waals surface area contributed by atoms with Gasteiger partial charge in [0.15, 0.2) is 0 Å². The second-order valence-corrected chi connectivity index (χ2v) is 9.93. The van der Waals surface area contributed by atoms with Gasteiger partial charge in [0, 0.05) is 16.1 Å². The molecular weight excluding hydrogens is 452 g/mol.